The van der Waals surface area contributed by atoms with Gasteiger partial charge in [0.1, 0.15) is 0 Å². The van der Waals surface area contributed by atoms with Gasteiger partial charge >= 0.3 is 0 Å². The van der Waals surface area contributed by atoms with E-state index in [0.29, 0.717) is 33.4 Å². The van der Waals surface area contributed by atoms with E-state index in [0.717, 1.165) is 16.8 Å². The van der Waals surface area contributed by atoms with E-state index in [1.54, 1.807) is 49.4 Å². The molecule has 0 aliphatic rings. The lowest BCUT2D eigenvalue weighted by atomic mass is 10.1. The number of nitrogens with two attached hydrogens (primary N) is 1. The van der Waals surface area contributed by atoms with Crippen molar-refractivity contribution in [2.24, 2.45) is 0 Å². The van der Waals surface area contributed by atoms with Gasteiger partial charge in [0.2, 0.25) is 0 Å². The maximum Gasteiger partial charge on any atom is 0.265 e. The van der Waals surface area contributed by atoms with E-state index in [2.05, 4.69) is 9.97 Å². The summed E-state index contributed by atoms with van der Waals surface area (Å²) in [6.07, 6.45) is 0. The zero-order valence-corrected chi connectivity index (χ0v) is 15.3. The smallest absolute Gasteiger partial charge is 0.265 e. The highest BCUT2D eigenvalue weighted by Gasteiger charge is 2.17. The third-order valence-electron chi connectivity index (χ3n) is 4.73. The standard InChI is InChI=1S/C21H18N4O2/c1-11-8-14-4-6-16(22)10-19(14)25(20(11)26)21(27)15-5-7-17-18(9-15)24-13(3)12(2)23-17/h4-10H,22H2,1-3H3. The molecule has 0 saturated carbocycles. The molecule has 134 valence electrons. The van der Waals surface area contributed by atoms with Crippen LogP contribution < -0.4 is 11.3 Å². The van der Waals surface area contributed by atoms with Crippen LogP contribution >= 0.6 is 0 Å². The van der Waals surface area contributed by atoms with Crippen molar-refractivity contribution >= 4 is 33.5 Å². The summed E-state index contributed by atoms with van der Waals surface area (Å²) in [6, 6.07) is 12.0. The minimum Gasteiger partial charge on any atom is -0.399 e. The van der Waals surface area contributed by atoms with Crippen molar-refractivity contribution in [3.8, 4) is 0 Å². The molecule has 0 fully saturated rings. The van der Waals surface area contributed by atoms with Gasteiger partial charge in [-0.05, 0) is 62.6 Å². The lowest BCUT2D eigenvalue weighted by Gasteiger charge is -2.12. The van der Waals surface area contributed by atoms with Gasteiger partial charge in [-0.2, -0.15) is 0 Å². The average Bonchev–Trinajstić information content (AvgIpc) is 2.63. The van der Waals surface area contributed by atoms with Gasteiger partial charge in [0.15, 0.2) is 0 Å². The SMILES string of the molecule is Cc1nc2ccc(C(=O)n3c(=O)c(C)cc4ccc(N)cc43)cc2nc1C. The van der Waals surface area contributed by atoms with E-state index in [4.69, 9.17) is 5.73 Å². The maximum atomic E-state index is 13.2. The van der Waals surface area contributed by atoms with Crippen molar-refractivity contribution in [3.05, 3.63) is 75.3 Å². The monoisotopic (exact) mass is 358 g/mol. The molecule has 4 aromatic rings. The van der Waals surface area contributed by atoms with E-state index in [-0.39, 0.29) is 5.56 Å². The van der Waals surface area contributed by atoms with Gasteiger partial charge in [-0.25, -0.2) is 14.5 Å². The summed E-state index contributed by atoms with van der Waals surface area (Å²) in [4.78, 5) is 34.9. The van der Waals surface area contributed by atoms with Crippen LogP contribution in [-0.4, -0.2) is 20.4 Å². The van der Waals surface area contributed by atoms with Crippen LogP contribution in [0.4, 0.5) is 5.69 Å². The largest absolute Gasteiger partial charge is 0.399 e. The van der Waals surface area contributed by atoms with Gasteiger partial charge in [-0.15, -0.1) is 0 Å². The molecule has 6 heteroatoms. The minimum atomic E-state index is -0.416. The number of aryl methyl sites for hydroxylation is 3. The van der Waals surface area contributed by atoms with Gasteiger partial charge in [0.05, 0.1) is 27.9 Å². The number of nitrogens with zero attached hydrogens (tertiary/aromatic N) is 3. The molecule has 2 aromatic carbocycles. The second kappa shape index (κ2) is 6.02. The number of hydrogen-bond acceptors (Lipinski definition) is 5. The van der Waals surface area contributed by atoms with Gasteiger partial charge in [0, 0.05) is 16.8 Å². The normalized spacial score (nSPS) is 11.2. The van der Waals surface area contributed by atoms with Gasteiger partial charge in [0.25, 0.3) is 11.5 Å². The summed E-state index contributed by atoms with van der Waals surface area (Å²) in [7, 11) is 0. The third kappa shape index (κ3) is 2.75. The molecule has 0 aliphatic carbocycles. The number of benzene rings is 2. The number of anilines is 1. The summed E-state index contributed by atoms with van der Waals surface area (Å²) in [5.41, 5.74) is 10.3. The first-order valence-electron chi connectivity index (χ1n) is 8.57. The molecule has 2 heterocycles. The van der Waals surface area contributed by atoms with E-state index in [9.17, 15) is 9.59 Å². The lowest BCUT2D eigenvalue weighted by Crippen LogP contribution is -2.29. The Morgan fingerprint density at radius 1 is 0.926 bits per heavy atom. The second-order valence-electron chi connectivity index (χ2n) is 6.69. The fourth-order valence-corrected chi connectivity index (χ4v) is 3.15. The molecular weight excluding hydrogens is 340 g/mol. The molecule has 2 aromatic heterocycles. The minimum absolute atomic E-state index is 0.357. The van der Waals surface area contributed by atoms with Crippen LogP contribution in [0.2, 0.25) is 0 Å². The van der Waals surface area contributed by atoms with Crippen LogP contribution in [-0.2, 0) is 0 Å². The van der Waals surface area contributed by atoms with Crippen molar-refractivity contribution in [2.75, 3.05) is 5.73 Å². The molecule has 0 unspecified atom stereocenters. The number of rotatable bonds is 1. The first-order valence-corrected chi connectivity index (χ1v) is 8.57. The van der Waals surface area contributed by atoms with Crippen molar-refractivity contribution in [2.45, 2.75) is 20.8 Å². The number of carbonyl (C=O) groups is 1. The molecular formula is C21H18N4O2. The Bertz CT molecular complexity index is 1310. The second-order valence-corrected chi connectivity index (χ2v) is 6.69. The first-order chi connectivity index (χ1) is 12.8. The van der Waals surface area contributed by atoms with Crippen LogP contribution in [0.15, 0.2) is 47.3 Å². The Hall–Kier alpha value is -3.54. The van der Waals surface area contributed by atoms with Gasteiger partial charge in [-0.3, -0.25) is 9.59 Å². The molecule has 0 aliphatic heterocycles. The fourth-order valence-electron chi connectivity index (χ4n) is 3.15. The third-order valence-corrected chi connectivity index (χ3v) is 4.73. The van der Waals surface area contributed by atoms with Crippen LogP contribution in [0.25, 0.3) is 21.9 Å². The van der Waals surface area contributed by atoms with E-state index >= 15 is 0 Å². The predicted molar refractivity (Wildman–Crippen MR) is 106 cm³/mol. The molecule has 6 nitrogen and oxygen atoms in total. The Kier molecular flexibility index (Phi) is 3.77. The summed E-state index contributed by atoms with van der Waals surface area (Å²) >= 11 is 0. The molecule has 0 atom stereocenters. The van der Waals surface area contributed by atoms with E-state index in [1.807, 2.05) is 13.8 Å². The highest BCUT2D eigenvalue weighted by molar-refractivity contribution is 6.03. The number of pyridine rings is 1. The summed E-state index contributed by atoms with van der Waals surface area (Å²) in [5, 5.41) is 0.779. The van der Waals surface area contributed by atoms with Gasteiger partial charge in [-0.1, -0.05) is 6.07 Å². The molecule has 0 amide bonds. The molecule has 27 heavy (non-hydrogen) atoms. The summed E-state index contributed by atoms with van der Waals surface area (Å²) in [6.45, 7) is 5.46. The zero-order chi connectivity index (χ0) is 19.3. The fraction of sp³-hybridized carbons (Fsp3) is 0.143. The molecule has 0 bridgehead atoms. The Morgan fingerprint density at radius 2 is 1.63 bits per heavy atom. The zero-order valence-electron chi connectivity index (χ0n) is 15.3. The van der Waals surface area contributed by atoms with Crippen LogP contribution in [0, 0.1) is 20.8 Å². The van der Waals surface area contributed by atoms with Crippen LogP contribution in [0.3, 0.4) is 0 Å². The van der Waals surface area contributed by atoms with Gasteiger partial charge < -0.3 is 5.73 Å². The van der Waals surface area contributed by atoms with E-state index < -0.39 is 5.91 Å². The highest BCUT2D eigenvalue weighted by atomic mass is 16.2. The lowest BCUT2D eigenvalue weighted by molar-refractivity contribution is 0.0961. The predicted octanol–water partition coefficient (Wildman–Crippen LogP) is 3.14. The Labute approximate surface area is 155 Å². The van der Waals surface area contributed by atoms with Crippen molar-refractivity contribution < 1.29 is 4.79 Å². The average molecular weight is 358 g/mol. The molecule has 0 spiro atoms. The Morgan fingerprint density at radius 3 is 2.37 bits per heavy atom. The summed E-state index contributed by atoms with van der Waals surface area (Å²) in [5.74, 6) is -0.416. The topological polar surface area (TPSA) is 90.9 Å². The van der Waals surface area contributed by atoms with Crippen molar-refractivity contribution in [1.29, 1.82) is 0 Å². The quantitative estimate of drug-likeness (QED) is 0.528. The Balaban J connectivity index is 1.96. The number of nitrogen functional groups attached to an aromatic ring is 1. The molecule has 0 radical (unpaired) electrons. The summed E-state index contributed by atoms with van der Waals surface area (Å²) < 4.78 is 1.18. The molecule has 4 rings (SSSR count). The number of aromatic nitrogens is 3. The van der Waals surface area contributed by atoms with Crippen LogP contribution in [0.5, 0.6) is 0 Å². The number of fused-ring (bicyclic) bond motifs is 2. The maximum absolute atomic E-state index is 13.2. The molecule has 2 N–H and O–H groups in total. The van der Waals surface area contributed by atoms with Crippen LogP contribution in [0.1, 0.15) is 27.3 Å². The first kappa shape index (κ1) is 16.9. The number of carbonyl (C=O) groups excluding carboxylic acids is 1. The highest BCUT2D eigenvalue weighted by Crippen LogP contribution is 2.20. The van der Waals surface area contributed by atoms with Crippen molar-refractivity contribution in [1.82, 2.24) is 14.5 Å². The number of hydrogen-bond donors (Lipinski definition) is 1. The van der Waals surface area contributed by atoms with E-state index in [1.165, 1.54) is 4.57 Å². The van der Waals surface area contributed by atoms with Crippen molar-refractivity contribution in [3.63, 3.8) is 0 Å². The molecule has 0 saturated heterocycles.